The van der Waals surface area contributed by atoms with E-state index in [0.29, 0.717) is 6.61 Å². The molecule has 0 rings (SSSR count). The highest BCUT2D eigenvalue weighted by Gasteiger charge is 1.97. The molecular formula is C7H17N3O. The van der Waals surface area contributed by atoms with Gasteiger partial charge in [0.15, 0.2) is 5.96 Å². The van der Waals surface area contributed by atoms with Crippen LogP contribution in [0, 0.1) is 0 Å². The second-order valence-corrected chi connectivity index (χ2v) is 2.39. The predicted molar refractivity (Wildman–Crippen MR) is 46.4 cm³/mol. The van der Waals surface area contributed by atoms with Gasteiger partial charge in [-0.25, -0.2) is 0 Å². The Morgan fingerprint density at radius 3 is 2.64 bits per heavy atom. The van der Waals surface area contributed by atoms with Crippen molar-refractivity contribution >= 4 is 5.96 Å². The van der Waals surface area contributed by atoms with Crippen LogP contribution in [0.4, 0.5) is 0 Å². The summed E-state index contributed by atoms with van der Waals surface area (Å²) in [7, 11) is 0. The molecule has 0 aliphatic heterocycles. The number of ether oxygens (including phenoxy) is 1. The molecule has 66 valence electrons. The SMILES string of the molecule is CCOCCC(C)N=C(N)N. The molecule has 0 amide bonds. The molecule has 0 aromatic rings. The quantitative estimate of drug-likeness (QED) is 0.339. The molecule has 4 nitrogen and oxygen atoms in total. The fourth-order valence-corrected chi connectivity index (χ4v) is 0.717. The average molecular weight is 159 g/mol. The Balaban J connectivity index is 3.37. The molecule has 0 aromatic carbocycles. The van der Waals surface area contributed by atoms with E-state index in [1.165, 1.54) is 0 Å². The van der Waals surface area contributed by atoms with E-state index in [0.717, 1.165) is 13.0 Å². The van der Waals surface area contributed by atoms with Crippen molar-refractivity contribution in [1.29, 1.82) is 0 Å². The summed E-state index contributed by atoms with van der Waals surface area (Å²) < 4.78 is 5.13. The maximum atomic E-state index is 5.18. The zero-order valence-electron chi connectivity index (χ0n) is 7.21. The summed E-state index contributed by atoms with van der Waals surface area (Å²) in [5.41, 5.74) is 10.4. The largest absolute Gasteiger partial charge is 0.382 e. The van der Waals surface area contributed by atoms with Gasteiger partial charge in [-0.2, -0.15) is 0 Å². The molecule has 0 heterocycles. The van der Waals surface area contributed by atoms with Crippen LogP contribution in [0.15, 0.2) is 4.99 Å². The normalized spacial score (nSPS) is 12.5. The third-order valence-electron chi connectivity index (χ3n) is 1.25. The molecule has 1 atom stereocenters. The third-order valence-corrected chi connectivity index (χ3v) is 1.25. The maximum Gasteiger partial charge on any atom is 0.186 e. The van der Waals surface area contributed by atoms with E-state index in [9.17, 15) is 0 Å². The zero-order valence-corrected chi connectivity index (χ0v) is 7.21. The lowest BCUT2D eigenvalue weighted by atomic mass is 10.3. The lowest BCUT2D eigenvalue weighted by Gasteiger charge is -2.05. The first-order valence-corrected chi connectivity index (χ1v) is 3.83. The van der Waals surface area contributed by atoms with E-state index in [4.69, 9.17) is 16.2 Å². The van der Waals surface area contributed by atoms with Crippen LogP contribution in [0.3, 0.4) is 0 Å². The predicted octanol–water partition coefficient (Wildman–Crippen LogP) is 0.0749. The summed E-state index contributed by atoms with van der Waals surface area (Å²) in [4.78, 5) is 3.94. The second-order valence-electron chi connectivity index (χ2n) is 2.39. The Bertz CT molecular complexity index is 121. The van der Waals surface area contributed by atoms with Gasteiger partial charge in [-0.05, 0) is 20.3 Å². The standard InChI is InChI=1S/C7H17N3O/c1-3-11-5-4-6(2)10-7(8)9/h6H,3-5H2,1-2H3,(H4,8,9,10). The molecule has 0 radical (unpaired) electrons. The first-order chi connectivity index (χ1) is 5.16. The molecule has 0 bridgehead atoms. The van der Waals surface area contributed by atoms with E-state index in [-0.39, 0.29) is 12.0 Å². The van der Waals surface area contributed by atoms with Crippen molar-refractivity contribution in [1.82, 2.24) is 0 Å². The molecule has 0 saturated carbocycles. The van der Waals surface area contributed by atoms with Gasteiger partial charge in [0.05, 0.1) is 6.04 Å². The number of guanidine groups is 1. The lowest BCUT2D eigenvalue weighted by molar-refractivity contribution is 0.141. The summed E-state index contributed by atoms with van der Waals surface area (Å²) in [6.07, 6.45) is 0.867. The van der Waals surface area contributed by atoms with Crippen LogP contribution in [-0.4, -0.2) is 25.2 Å². The topological polar surface area (TPSA) is 73.6 Å². The Morgan fingerprint density at radius 2 is 2.18 bits per heavy atom. The molecule has 11 heavy (non-hydrogen) atoms. The van der Waals surface area contributed by atoms with Gasteiger partial charge in [0.2, 0.25) is 0 Å². The van der Waals surface area contributed by atoms with Gasteiger partial charge in [-0.1, -0.05) is 0 Å². The second kappa shape index (κ2) is 5.97. The monoisotopic (exact) mass is 159 g/mol. The molecular weight excluding hydrogens is 142 g/mol. The number of hydrogen-bond acceptors (Lipinski definition) is 2. The third kappa shape index (κ3) is 7.12. The molecule has 0 aromatic heterocycles. The number of nitrogens with zero attached hydrogens (tertiary/aromatic N) is 1. The lowest BCUT2D eigenvalue weighted by Crippen LogP contribution is -2.25. The maximum absolute atomic E-state index is 5.18. The molecule has 0 fully saturated rings. The van der Waals surface area contributed by atoms with Crippen LogP contribution >= 0.6 is 0 Å². The summed E-state index contributed by atoms with van der Waals surface area (Å²) in [6, 6.07) is 0.159. The van der Waals surface area contributed by atoms with Crippen molar-refractivity contribution in [2.24, 2.45) is 16.5 Å². The fourth-order valence-electron chi connectivity index (χ4n) is 0.717. The highest BCUT2D eigenvalue weighted by atomic mass is 16.5. The fraction of sp³-hybridized carbons (Fsp3) is 0.857. The van der Waals surface area contributed by atoms with Crippen LogP contribution in [0.5, 0.6) is 0 Å². The van der Waals surface area contributed by atoms with Crippen molar-refractivity contribution in [2.75, 3.05) is 13.2 Å². The van der Waals surface area contributed by atoms with Gasteiger partial charge in [0.1, 0.15) is 0 Å². The molecule has 4 heteroatoms. The average Bonchev–Trinajstić information content (AvgIpc) is 1.86. The van der Waals surface area contributed by atoms with E-state index in [2.05, 4.69) is 4.99 Å². The molecule has 0 aliphatic rings. The van der Waals surface area contributed by atoms with Crippen molar-refractivity contribution in [3.05, 3.63) is 0 Å². The zero-order chi connectivity index (χ0) is 8.69. The van der Waals surface area contributed by atoms with Crippen LogP contribution in [0.1, 0.15) is 20.3 Å². The Hall–Kier alpha value is -0.770. The summed E-state index contributed by atoms with van der Waals surface area (Å²) >= 11 is 0. The van der Waals surface area contributed by atoms with Gasteiger partial charge in [0, 0.05) is 13.2 Å². The van der Waals surface area contributed by atoms with E-state index >= 15 is 0 Å². The van der Waals surface area contributed by atoms with Crippen LogP contribution in [0.2, 0.25) is 0 Å². The minimum atomic E-state index is 0.147. The molecule has 0 aliphatic carbocycles. The molecule has 0 saturated heterocycles. The van der Waals surface area contributed by atoms with Gasteiger partial charge in [-0.3, -0.25) is 4.99 Å². The summed E-state index contributed by atoms with van der Waals surface area (Å²) in [5, 5.41) is 0. The van der Waals surface area contributed by atoms with Gasteiger partial charge in [-0.15, -0.1) is 0 Å². The summed E-state index contributed by atoms with van der Waals surface area (Å²) in [5.74, 6) is 0.147. The van der Waals surface area contributed by atoms with Crippen LogP contribution in [0.25, 0.3) is 0 Å². The van der Waals surface area contributed by atoms with Crippen molar-refractivity contribution in [3.63, 3.8) is 0 Å². The van der Waals surface area contributed by atoms with Crippen molar-refractivity contribution in [3.8, 4) is 0 Å². The first-order valence-electron chi connectivity index (χ1n) is 3.83. The van der Waals surface area contributed by atoms with Crippen LogP contribution in [-0.2, 0) is 4.74 Å². The first kappa shape index (κ1) is 10.2. The summed E-state index contributed by atoms with van der Waals surface area (Å²) in [6.45, 7) is 5.38. The highest BCUT2D eigenvalue weighted by molar-refractivity contribution is 5.75. The molecule has 4 N–H and O–H groups in total. The van der Waals surface area contributed by atoms with E-state index in [1.54, 1.807) is 0 Å². The van der Waals surface area contributed by atoms with E-state index in [1.807, 2.05) is 13.8 Å². The minimum absolute atomic E-state index is 0.147. The number of aliphatic imine (C=N–C) groups is 1. The minimum Gasteiger partial charge on any atom is -0.382 e. The van der Waals surface area contributed by atoms with E-state index < -0.39 is 0 Å². The smallest absolute Gasteiger partial charge is 0.186 e. The molecule has 1 unspecified atom stereocenters. The molecule has 0 spiro atoms. The highest BCUT2D eigenvalue weighted by Crippen LogP contribution is 1.95. The van der Waals surface area contributed by atoms with Gasteiger partial charge in [0.25, 0.3) is 0 Å². The number of nitrogens with two attached hydrogens (primary N) is 2. The Morgan fingerprint density at radius 1 is 1.55 bits per heavy atom. The number of hydrogen-bond donors (Lipinski definition) is 2. The number of rotatable bonds is 5. The van der Waals surface area contributed by atoms with Gasteiger partial charge >= 0.3 is 0 Å². The Labute approximate surface area is 67.6 Å². The van der Waals surface area contributed by atoms with Crippen molar-refractivity contribution < 1.29 is 4.74 Å². The van der Waals surface area contributed by atoms with Gasteiger partial charge < -0.3 is 16.2 Å². The van der Waals surface area contributed by atoms with Crippen LogP contribution < -0.4 is 11.5 Å². The Kier molecular flexibility index (Phi) is 5.56. The van der Waals surface area contributed by atoms with Crippen molar-refractivity contribution in [2.45, 2.75) is 26.3 Å².